The Kier molecular flexibility index (Phi) is 5.44. The molecule has 1 N–H and O–H groups in total. The molecule has 3 aromatic rings. The number of Topliss-reactive ketones (excluding diaryl/α,β-unsaturated/α-hetero) is 1. The standard InChI is InChI=1S/C20H21N3O2S/c1-13(20-22-17-9-4-5-10-18(17)26-20)23(3)12-19(25)21-16-8-6-7-15(11-16)14(2)24/h4-11,13H,12H2,1-3H3,(H,21,25)/t13-/m0/s1. The molecule has 0 spiro atoms. The van der Waals surface area contributed by atoms with Crippen LogP contribution in [0.25, 0.3) is 10.2 Å². The number of hydrogen-bond donors (Lipinski definition) is 1. The normalized spacial score (nSPS) is 12.3. The molecular formula is C20H21N3O2S. The monoisotopic (exact) mass is 367 g/mol. The van der Waals surface area contributed by atoms with Crippen LogP contribution in [0, 0.1) is 0 Å². The highest BCUT2D eigenvalue weighted by Crippen LogP contribution is 2.28. The Morgan fingerprint density at radius 3 is 2.69 bits per heavy atom. The average molecular weight is 367 g/mol. The number of benzene rings is 2. The van der Waals surface area contributed by atoms with E-state index in [-0.39, 0.29) is 24.3 Å². The van der Waals surface area contributed by atoms with Crippen LogP contribution in [0.15, 0.2) is 48.5 Å². The zero-order valence-electron chi connectivity index (χ0n) is 15.0. The van der Waals surface area contributed by atoms with Crippen molar-refractivity contribution in [3.63, 3.8) is 0 Å². The Bertz CT molecular complexity index is 918. The van der Waals surface area contributed by atoms with Gasteiger partial charge in [-0.3, -0.25) is 14.5 Å². The first kappa shape index (κ1) is 18.2. The van der Waals surface area contributed by atoms with Gasteiger partial charge < -0.3 is 5.32 Å². The van der Waals surface area contributed by atoms with Gasteiger partial charge in [-0.1, -0.05) is 24.3 Å². The van der Waals surface area contributed by atoms with Crippen molar-refractivity contribution in [2.24, 2.45) is 0 Å². The molecule has 0 radical (unpaired) electrons. The Hall–Kier alpha value is -2.57. The zero-order chi connectivity index (χ0) is 18.7. The van der Waals surface area contributed by atoms with Crippen molar-refractivity contribution in [3.8, 4) is 0 Å². The van der Waals surface area contributed by atoms with E-state index in [2.05, 4.69) is 16.4 Å². The van der Waals surface area contributed by atoms with E-state index in [4.69, 9.17) is 0 Å². The molecule has 0 saturated heterocycles. The first-order chi connectivity index (χ1) is 12.4. The van der Waals surface area contributed by atoms with Crippen LogP contribution in [0.4, 0.5) is 5.69 Å². The number of aromatic nitrogens is 1. The number of carbonyl (C=O) groups excluding carboxylic acids is 2. The number of nitrogens with one attached hydrogen (secondary N) is 1. The van der Waals surface area contributed by atoms with E-state index in [9.17, 15) is 9.59 Å². The maximum absolute atomic E-state index is 12.4. The SMILES string of the molecule is CC(=O)c1cccc(NC(=O)CN(C)[C@@H](C)c2nc3ccccc3s2)c1. The van der Waals surface area contributed by atoms with E-state index in [1.165, 1.54) is 6.92 Å². The van der Waals surface area contributed by atoms with Crippen LogP contribution in [0.1, 0.15) is 35.3 Å². The maximum atomic E-state index is 12.4. The van der Waals surface area contributed by atoms with Gasteiger partial charge in [0.2, 0.25) is 5.91 Å². The van der Waals surface area contributed by atoms with Gasteiger partial charge in [-0.2, -0.15) is 0 Å². The minimum absolute atomic E-state index is 0.0253. The molecule has 0 saturated carbocycles. The minimum atomic E-state index is -0.124. The summed E-state index contributed by atoms with van der Waals surface area (Å²) in [5, 5.41) is 3.84. The number of hydrogen-bond acceptors (Lipinski definition) is 5. The van der Waals surface area contributed by atoms with Gasteiger partial charge in [0.15, 0.2) is 5.78 Å². The number of likely N-dealkylation sites (N-methyl/N-ethyl adjacent to an activating group) is 1. The second kappa shape index (κ2) is 7.76. The average Bonchev–Trinajstić information content (AvgIpc) is 3.05. The van der Waals surface area contributed by atoms with Crippen LogP contribution < -0.4 is 5.32 Å². The third kappa shape index (κ3) is 4.15. The van der Waals surface area contributed by atoms with Gasteiger partial charge in [-0.05, 0) is 45.2 Å². The highest BCUT2D eigenvalue weighted by Gasteiger charge is 2.18. The lowest BCUT2D eigenvalue weighted by molar-refractivity contribution is -0.117. The molecule has 0 fully saturated rings. The second-order valence-electron chi connectivity index (χ2n) is 6.30. The Morgan fingerprint density at radius 2 is 1.96 bits per heavy atom. The summed E-state index contributed by atoms with van der Waals surface area (Å²) in [5.41, 5.74) is 2.20. The zero-order valence-corrected chi connectivity index (χ0v) is 15.8. The number of fused-ring (bicyclic) bond motifs is 1. The third-order valence-electron chi connectivity index (χ3n) is 4.27. The Morgan fingerprint density at radius 1 is 1.19 bits per heavy atom. The van der Waals surface area contributed by atoms with Gasteiger partial charge in [-0.25, -0.2) is 4.98 Å². The number of nitrogens with zero attached hydrogens (tertiary/aromatic N) is 2. The van der Waals surface area contributed by atoms with Gasteiger partial charge in [0, 0.05) is 11.3 Å². The van der Waals surface area contributed by atoms with E-state index >= 15 is 0 Å². The lowest BCUT2D eigenvalue weighted by atomic mass is 10.1. The summed E-state index contributed by atoms with van der Waals surface area (Å²) < 4.78 is 1.15. The summed E-state index contributed by atoms with van der Waals surface area (Å²) >= 11 is 1.65. The largest absolute Gasteiger partial charge is 0.325 e. The summed E-state index contributed by atoms with van der Waals surface area (Å²) in [5.74, 6) is -0.149. The van der Waals surface area contributed by atoms with Crippen molar-refractivity contribution in [3.05, 3.63) is 59.1 Å². The number of rotatable bonds is 6. The second-order valence-corrected chi connectivity index (χ2v) is 7.36. The van der Waals surface area contributed by atoms with Crippen LogP contribution in [0.3, 0.4) is 0 Å². The maximum Gasteiger partial charge on any atom is 0.238 e. The van der Waals surface area contributed by atoms with Crippen molar-refractivity contribution >= 4 is 38.9 Å². The molecule has 0 aliphatic rings. The van der Waals surface area contributed by atoms with E-state index in [1.807, 2.05) is 37.1 Å². The summed E-state index contributed by atoms with van der Waals surface area (Å²) in [6.45, 7) is 3.79. The van der Waals surface area contributed by atoms with E-state index in [0.717, 1.165) is 15.2 Å². The molecule has 0 aliphatic heterocycles. The summed E-state index contributed by atoms with van der Waals surface area (Å²) in [6.07, 6.45) is 0. The number of anilines is 1. The van der Waals surface area contributed by atoms with E-state index in [1.54, 1.807) is 35.6 Å². The molecule has 2 aromatic carbocycles. The highest BCUT2D eigenvalue weighted by atomic mass is 32.1. The minimum Gasteiger partial charge on any atom is -0.325 e. The molecule has 3 rings (SSSR count). The topological polar surface area (TPSA) is 62.3 Å². The van der Waals surface area contributed by atoms with Crippen molar-refractivity contribution in [1.82, 2.24) is 9.88 Å². The fourth-order valence-corrected chi connectivity index (χ4v) is 3.72. The molecule has 5 nitrogen and oxygen atoms in total. The fraction of sp³-hybridized carbons (Fsp3) is 0.250. The first-order valence-electron chi connectivity index (χ1n) is 8.40. The van der Waals surface area contributed by atoms with E-state index < -0.39 is 0 Å². The number of thiazole rings is 1. The predicted molar refractivity (Wildman–Crippen MR) is 106 cm³/mol. The highest BCUT2D eigenvalue weighted by molar-refractivity contribution is 7.18. The molecule has 1 atom stereocenters. The van der Waals surface area contributed by atoms with Crippen molar-refractivity contribution in [2.75, 3.05) is 18.9 Å². The quantitative estimate of drug-likeness (QED) is 0.666. The summed E-state index contributed by atoms with van der Waals surface area (Å²) in [7, 11) is 1.91. The molecule has 1 aromatic heterocycles. The predicted octanol–water partition coefficient (Wildman–Crippen LogP) is 4.13. The molecule has 0 unspecified atom stereocenters. The van der Waals surface area contributed by atoms with E-state index in [0.29, 0.717) is 11.3 Å². The molecule has 6 heteroatoms. The van der Waals surface area contributed by atoms with Crippen LogP contribution in [0.2, 0.25) is 0 Å². The van der Waals surface area contributed by atoms with Crippen LogP contribution in [-0.2, 0) is 4.79 Å². The number of para-hydroxylation sites is 1. The Balaban J connectivity index is 1.64. The summed E-state index contributed by atoms with van der Waals surface area (Å²) in [6, 6.07) is 15.0. The molecule has 0 bridgehead atoms. The van der Waals surface area contributed by atoms with Crippen molar-refractivity contribution in [1.29, 1.82) is 0 Å². The van der Waals surface area contributed by atoms with Crippen LogP contribution in [-0.4, -0.2) is 35.2 Å². The number of ketones is 1. The first-order valence-corrected chi connectivity index (χ1v) is 9.22. The lowest BCUT2D eigenvalue weighted by Crippen LogP contribution is -2.32. The van der Waals surface area contributed by atoms with Gasteiger partial charge in [0.25, 0.3) is 0 Å². The van der Waals surface area contributed by atoms with Crippen molar-refractivity contribution < 1.29 is 9.59 Å². The van der Waals surface area contributed by atoms with Gasteiger partial charge in [0.1, 0.15) is 5.01 Å². The molecule has 26 heavy (non-hydrogen) atoms. The van der Waals surface area contributed by atoms with Crippen molar-refractivity contribution in [2.45, 2.75) is 19.9 Å². The lowest BCUT2D eigenvalue weighted by Gasteiger charge is -2.22. The number of amides is 1. The number of carbonyl (C=O) groups is 2. The van der Waals surface area contributed by atoms with Gasteiger partial charge >= 0.3 is 0 Å². The van der Waals surface area contributed by atoms with Crippen LogP contribution >= 0.6 is 11.3 Å². The fourth-order valence-electron chi connectivity index (χ4n) is 2.64. The molecule has 1 heterocycles. The molecule has 0 aliphatic carbocycles. The smallest absolute Gasteiger partial charge is 0.238 e. The van der Waals surface area contributed by atoms with Crippen LogP contribution in [0.5, 0.6) is 0 Å². The third-order valence-corrected chi connectivity index (χ3v) is 5.48. The van der Waals surface area contributed by atoms with Gasteiger partial charge in [0.05, 0.1) is 22.8 Å². The summed E-state index contributed by atoms with van der Waals surface area (Å²) in [4.78, 5) is 30.4. The molecule has 134 valence electrons. The molecular weight excluding hydrogens is 346 g/mol. The Labute approximate surface area is 156 Å². The molecule has 1 amide bonds. The van der Waals surface area contributed by atoms with Gasteiger partial charge in [-0.15, -0.1) is 11.3 Å².